The van der Waals surface area contributed by atoms with Crippen molar-refractivity contribution in [1.29, 1.82) is 0 Å². The number of carbonyl (C=O) groups excluding carboxylic acids is 1. The van der Waals surface area contributed by atoms with Gasteiger partial charge in [0.1, 0.15) is 11.4 Å². The molecule has 0 spiro atoms. The Kier molecular flexibility index (Phi) is 8.97. The van der Waals surface area contributed by atoms with E-state index in [-0.39, 0.29) is 11.9 Å². The maximum atomic E-state index is 12.6. The number of nitrogens with zero attached hydrogens (tertiary/aromatic N) is 1. The molecule has 0 aliphatic heterocycles. The number of ether oxygens (including phenoxy) is 2. The molecular weight excluding hydrogens is 426 g/mol. The minimum Gasteiger partial charge on any atom is -0.460 e. The monoisotopic (exact) mass is 469 g/mol. The first kappa shape index (κ1) is 26.5. The van der Waals surface area contributed by atoms with E-state index in [2.05, 4.69) is 44.1 Å². The molecule has 2 aromatic rings. The fourth-order valence-corrected chi connectivity index (χ4v) is 4.82. The number of aromatic nitrogens is 1. The fraction of sp³-hybridized carbons (Fsp3) is 0.655. The van der Waals surface area contributed by atoms with E-state index in [9.17, 15) is 4.79 Å². The van der Waals surface area contributed by atoms with Crippen LogP contribution in [0.25, 0.3) is 0 Å². The molecule has 0 bridgehead atoms. The molecule has 1 atom stereocenters. The summed E-state index contributed by atoms with van der Waals surface area (Å²) < 4.78 is 17.2. The van der Waals surface area contributed by atoms with Gasteiger partial charge in [0.05, 0.1) is 18.7 Å². The summed E-state index contributed by atoms with van der Waals surface area (Å²) in [6.07, 6.45) is 5.52. The van der Waals surface area contributed by atoms with Crippen molar-refractivity contribution in [1.82, 2.24) is 5.16 Å². The number of hydrogen-bond donors (Lipinski definition) is 0. The molecule has 5 nitrogen and oxygen atoms in total. The summed E-state index contributed by atoms with van der Waals surface area (Å²) >= 11 is 0. The Morgan fingerprint density at radius 3 is 2.47 bits per heavy atom. The lowest BCUT2D eigenvalue weighted by Crippen LogP contribution is -2.26. The summed E-state index contributed by atoms with van der Waals surface area (Å²) in [5.74, 6) is 1.96. The van der Waals surface area contributed by atoms with Gasteiger partial charge in [-0.3, -0.25) is 4.79 Å². The van der Waals surface area contributed by atoms with E-state index in [1.807, 2.05) is 39.0 Å². The van der Waals surface area contributed by atoms with E-state index in [0.29, 0.717) is 31.0 Å². The summed E-state index contributed by atoms with van der Waals surface area (Å²) in [6, 6.07) is 12.3. The Bertz CT molecular complexity index is 885. The fourth-order valence-electron chi connectivity index (χ4n) is 4.82. The van der Waals surface area contributed by atoms with E-state index < -0.39 is 5.60 Å². The van der Waals surface area contributed by atoms with Crippen molar-refractivity contribution >= 4 is 5.97 Å². The highest BCUT2D eigenvalue weighted by Gasteiger charge is 2.36. The number of esters is 1. The molecule has 3 rings (SSSR count). The van der Waals surface area contributed by atoms with Crippen LogP contribution in [-0.4, -0.2) is 23.3 Å². The average molecular weight is 470 g/mol. The second-order valence-electron chi connectivity index (χ2n) is 12.1. The molecular formula is C29H43NO4. The molecule has 34 heavy (non-hydrogen) atoms. The van der Waals surface area contributed by atoms with E-state index >= 15 is 0 Å². The molecule has 0 N–H and O–H groups in total. The number of hydrogen-bond acceptors (Lipinski definition) is 5. The lowest BCUT2D eigenvalue weighted by molar-refractivity contribution is -0.155. The van der Waals surface area contributed by atoms with Crippen LogP contribution in [0.4, 0.5) is 0 Å². The van der Waals surface area contributed by atoms with Crippen LogP contribution in [0.1, 0.15) is 109 Å². The molecule has 1 fully saturated rings. The highest BCUT2D eigenvalue weighted by molar-refractivity contribution is 5.71. The standard InChI is InChI=1S/C29H43NO4/c1-28(2,3)19-22-15-24(16-22)26-18-25(30-34-26)23(17-27(31)33-29(4,5)6)13-10-14-32-20-21-11-8-7-9-12-21/h7-9,11-12,18,22-24H,10,13-17,19-20H2,1-6H3. The second-order valence-corrected chi connectivity index (χ2v) is 12.1. The summed E-state index contributed by atoms with van der Waals surface area (Å²) in [6.45, 7) is 13.8. The van der Waals surface area contributed by atoms with E-state index in [0.717, 1.165) is 43.1 Å². The molecule has 1 aromatic heterocycles. The molecule has 1 unspecified atom stereocenters. The van der Waals surface area contributed by atoms with Crippen molar-refractivity contribution in [3.8, 4) is 0 Å². The van der Waals surface area contributed by atoms with Gasteiger partial charge in [0, 0.05) is 24.5 Å². The molecule has 0 radical (unpaired) electrons. The van der Waals surface area contributed by atoms with Crippen LogP contribution in [0.15, 0.2) is 40.9 Å². The molecule has 1 heterocycles. The largest absolute Gasteiger partial charge is 0.460 e. The van der Waals surface area contributed by atoms with Crippen LogP contribution in [0.5, 0.6) is 0 Å². The molecule has 0 saturated heterocycles. The number of benzene rings is 1. The Labute approximate surface area is 205 Å². The number of carbonyl (C=O) groups is 1. The zero-order valence-corrected chi connectivity index (χ0v) is 21.9. The van der Waals surface area contributed by atoms with Crippen LogP contribution in [0.3, 0.4) is 0 Å². The Morgan fingerprint density at radius 1 is 1.12 bits per heavy atom. The summed E-state index contributed by atoms with van der Waals surface area (Å²) in [5, 5.41) is 4.39. The quantitative estimate of drug-likeness (QED) is 0.253. The third-order valence-corrected chi connectivity index (χ3v) is 6.29. The Hall–Kier alpha value is -2.14. The summed E-state index contributed by atoms with van der Waals surface area (Å²) in [5.41, 5.74) is 1.90. The van der Waals surface area contributed by atoms with Crippen molar-refractivity contribution in [2.75, 3.05) is 6.61 Å². The van der Waals surface area contributed by atoms with Crippen LogP contribution >= 0.6 is 0 Å². The van der Waals surface area contributed by atoms with Crippen molar-refractivity contribution in [3.63, 3.8) is 0 Å². The van der Waals surface area contributed by atoms with E-state index in [4.69, 9.17) is 14.0 Å². The molecule has 1 aliphatic rings. The van der Waals surface area contributed by atoms with Gasteiger partial charge in [-0.1, -0.05) is 56.3 Å². The second kappa shape index (κ2) is 11.5. The minimum atomic E-state index is -0.497. The van der Waals surface area contributed by atoms with Gasteiger partial charge in [-0.15, -0.1) is 0 Å². The normalized spacial score (nSPS) is 19.5. The predicted octanol–water partition coefficient (Wildman–Crippen LogP) is 7.42. The van der Waals surface area contributed by atoms with E-state index in [1.54, 1.807) is 0 Å². The van der Waals surface area contributed by atoms with E-state index in [1.165, 1.54) is 12.0 Å². The SMILES string of the molecule is CC(C)(C)CC1CC(c2cc(C(CCCOCc3ccccc3)CC(=O)OC(C)(C)C)no2)C1. The van der Waals surface area contributed by atoms with Crippen LogP contribution in [-0.2, 0) is 20.9 Å². The number of rotatable bonds is 11. The molecule has 0 amide bonds. The molecule has 5 heteroatoms. The lowest BCUT2D eigenvalue weighted by atomic mass is 9.67. The molecule has 1 saturated carbocycles. The van der Waals surface area contributed by atoms with Crippen LogP contribution in [0, 0.1) is 11.3 Å². The lowest BCUT2D eigenvalue weighted by Gasteiger charge is -2.37. The smallest absolute Gasteiger partial charge is 0.306 e. The first-order valence-electron chi connectivity index (χ1n) is 12.8. The maximum Gasteiger partial charge on any atom is 0.306 e. The van der Waals surface area contributed by atoms with Crippen molar-refractivity contribution < 1.29 is 18.8 Å². The van der Waals surface area contributed by atoms with Gasteiger partial charge < -0.3 is 14.0 Å². The van der Waals surface area contributed by atoms with Gasteiger partial charge in [0.2, 0.25) is 0 Å². The van der Waals surface area contributed by atoms with Crippen LogP contribution in [0.2, 0.25) is 0 Å². The summed E-state index contributed by atoms with van der Waals surface area (Å²) in [4.78, 5) is 12.6. The van der Waals surface area contributed by atoms with Crippen molar-refractivity contribution in [2.24, 2.45) is 11.3 Å². The van der Waals surface area contributed by atoms with Gasteiger partial charge in [0.25, 0.3) is 0 Å². The zero-order valence-electron chi connectivity index (χ0n) is 21.9. The highest BCUT2D eigenvalue weighted by Crippen LogP contribution is 2.47. The van der Waals surface area contributed by atoms with Gasteiger partial charge in [-0.05, 0) is 69.8 Å². The predicted molar refractivity (Wildman–Crippen MR) is 135 cm³/mol. The summed E-state index contributed by atoms with van der Waals surface area (Å²) in [7, 11) is 0. The van der Waals surface area contributed by atoms with Gasteiger partial charge in [0.15, 0.2) is 0 Å². The highest BCUT2D eigenvalue weighted by atomic mass is 16.6. The van der Waals surface area contributed by atoms with Gasteiger partial charge in [-0.2, -0.15) is 0 Å². The minimum absolute atomic E-state index is 0.0295. The third kappa shape index (κ3) is 8.90. The van der Waals surface area contributed by atoms with Crippen LogP contribution < -0.4 is 0 Å². The first-order valence-corrected chi connectivity index (χ1v) is 12.8. The maximum absolute atomic E-state index is 12.6. The van der Waals surface area contributed by atoms with Crippen molar-refractivity contribution in [3.05, 3.63) is 53.4 Å². The molecule has 1 aliphatic carbocycles. The molecule has 1 aromatic carbocycles. The third-order valence-electron chi connectivity index (χ3n) is 6.29. The Morgan fingerprint density at radius 2 is 1.82 bits per heavy atom. The first-order chi connectivity index (χ1) is 16.0. The van der Waals surface area contributed by atoms with Gasteiger partial charge >= 0.3 is 5.97 Å². The molecule has 188 valence electrons. The van der Waals surface area contributed by atoms with Gasteiger partial charge in [-0.25, -0.2) is 0 Å². The zero-order chi connectivity index (χ0) is 24.8. The topological polar surface area (TPSA) is 61.6 Å². The average Bonchev–Trinajstić information content (AvgIpc) is 3.17. The van der Waals surface area contributed by atoms with Crippen molar-refractivity contribution in [2.45, 2.75) is 104 Å². The Balaban J connectivity index is 1.54.